The van der Waals surface area contributed by atoms with Crippen molar-refractivity contribution >= 4 is 28.5 Å². The average molecular weight is 264 g/mol. The molecule has 0 amide bonds. The van der Waals surface area contributed by atoms with Crippen molar-refractivity contribution in [2.75, 3.05) is 6.61 Å². The van der Waals surface area contributed by atoms with Gasteiger partial charge in [-0.1, -0.05) is 18.3 Å². The van der Waals surface area contributed by atoms with Crippen molar-refractivity contribution in [2.45, 2.75) is 6.42 Å². The largest absolute Gasteiger partial charge is 0.491 e. The molecule has 2 heterocycles. The smallest absolute Gasteiger partial charge is 0.147 e. The molecule has 2 aromatic rings. The second kappa shape index (κ2) is 5.75. The van der Waals surface area contributed by atoms with Crippen LogP contribution in [0.3, 0.4) is 0 Å². The monoisotopic (exact) mass is 264 g/mol. The van der Waals surface area contributed by atoms with Gasteiger partial charge in [0.1, 0.15) is 10.7 Å². The number of pyridine rings is 1. The van der Waals surface area contributed by atoms with E-state index in [0.29, 0.717) is 17.3 Å². The minimum Gasteiger partial charge on any atom is -0.491 e. The Kier molecular flexibility index (Phi) is 4.06. The fourth-order valence-electron chi connectivity index (χ4n) is 1.41. The SMILES string of the molecule is NC(=S)c1ccncc1OCCc1cccs1. The second-order valence-corrected chi connectivity index (χ2v) is 4.89. The fraction of sp³-hybridized carbons (Fsp3) is 0.167. The van der Waals surface area contributed by atoms with Crippen LogP contribution >= 0.6 is 23.6 Å². The van der Waals surface area contributed by atoms with Crippen molar-refractivity contribution in [1.82, 2.24) is 4.98 Å². The molecule has 0 radical (unpaired) electrons. The molecule has 0 unspecified atom stereocenters. The maximum atomic E-state index is 5.65. The van der Waals surface area contributed by atoms with Gasteiger partial charge in [0.2, 0.25) is 0 Å². The molecular formula is C12H12N2OS2. The molecule has 0 spiro atoms. The molecule has 0 saturated heterocycles. The summed E-state index contributed by atoms with van der Waals surface area (Å²) in [6, 6.07) is 5.89. The number of nitrogens with two attached hydrogens (primary N) is 1. The van der Waals surface area contributed by atoms with Crippen molar-refractivity contribution in [2.24, 2.45) is 5.73 Å². The molecule has 0 fully saturated rings. The third kappa shape index (κ3) is 3.25. The lowest BCUT2D eigenvalue weighted by Gasteiger charge is -2.09. The highest BCUT2D eigenvalue weighted by Crippen LogP contribution is 2.17. The molecule has 3 nitrogen and oxygen atoms in total. The molecule has 88 valence electrons. The van der Waals surface area contributed by atoms with Crippen LogP contribution in [0.25, 0.3) is 0 Å². The number of ether oxygens (including phenoxy) is 1. The Hall–Kier alpha value is -1.46. The maximum absolute atomic E-state index is 5.65. The lowest BCUT2D eigenvalue weighted by molar-refractivity contribution is 0.321. The number of aromatic nitrogens is 1. The molecule has 5 heteroatoms. The zero-order chi connectivity index (χ0) is 12.1. The summed E-state index contributed by atoms with van der Waals surface area (Å²) in [5.41, 5.74) is 6.34. The number of rotatable bonds is 5. The van der Waals surface area contributed by atoms with Gasteiger partial charge >= 0.3 is 0 Å². The van der Waals surface area contributed by atoms with E-state index >= 15 is 0 Å². The number of hydrogen-bond donors (Lipinski definition) is 1. The maximum Gasteiger partial charge on any atom is 0.147 e. The van der Waals surface area contributed by atoms with Crippen LogP contribution in [-0.4, -0.2) is 16.6 Å². The summed E-state index contributed by atoms with van der Waals surface area (Å²) >= 11 is 6.67. The summed E-state index contributed by atoms with van der Waals surface area (Å²) in [5, 5.41) is 2.06. The Morgan fingerprint density at radius 3 is 3.06 bits per heavy atom. The highest BCUT2D eigenvalue weighted by Gasteiger charge is 2.06. The van der Waals surface area contributed by atoms with Crippen LogP contribution in [0.4, 0.5) is 0 Å². The highest BCUT2D eigenvalue weighted by atomic mass is 32.1. The lowest BCUT2D eigenvalue weighted by atomic mass is 10.2. The molecule has 0 aliphatic carbocycles. The number of nitrogens with zero attached hydrogens (tertiary/aromatic N) is 1. The van der Waals surface area contributed by atoms with Crippen LogP contribution in [-0.2, 0) is 6.42 Å². The molecule has 2 rings (SSSR count). The molecule has 0 bridgehead atoms. The first kappa shape index (κ1) is 12.0. The first-order chi connectivity index (χ1) is 8.27. The molecule has 2 N–H and O–H groups in total. The van der Waals surface area contributed by atoms with Crippen LogP contribution in [0.2, 0.25) is 0 Å². The summed E-state index contributed by atoms with van der Waals surface area (Å²) in [6.07, 6.45) is 4.17. The minimum atomic E-state index is 0.332. The predicted octanol–water partition coefficient (Wildman–Crippen LogP) is 2.40. The minimum absolute atomic E-state index is 0.332. The van der Waals surface area contributed by atoms with Gasteiger partial charge in [0, 0.05) is 17.5 Å². The van der Waals surface area contributed by atoms with Crippen molar-refractivity contribution in [3.05, 3.63) is 46.4 Å². The van der Waals surface area contributed by atoms with Crippen molar-refractivity contribution in [1.29, 1.82) is 0 Å². The van der Waals surface area contributed by atoms with E-state index in [1.807, 2.05) is 6.07 Å². The van der Waals surface area contributed by atoms with Crippen LogP contribution < -0.4 is 10.5 Å². The highest BCUT2D eigenvalue weighted by molar-refractivity contribution is 7.80. The van der Waals surface area contributed by atoms with E-state index in [-0.39, 0.29) is 0 Å². The second-order valence-electron chi connectivity index (χ2n) is 3.41. The van der Waals surface area contributed by atoms with Crippen LogP contribution in [0.5, 0.6) is 5.75 Å². The molecular weight excluding hydrogens is 252 g/mol. The molecule has 0 atom stereocenters. The Bertz CT molecular complexity index is 497. The van der Waals surface area contributed by atoms with E-state index in [2.05, 4.69) is 16.4 Å². The van der Waals surface area contributed by atoms with Gasteiger partial charge in [-0.05, 0) is 17.5 Å². The third-order valence-corrected chi connectivity index (χ3v) is 3.39. The molecule has 0 saturated carbocycles. The van der Waals surface area contributed by atoms with Crippen molar-refractivity contribution in [3.8, 4) is 5.75 Å². The van der Waals surface area contributed by atoms with E-state index < -0.39 is 0 Å². The number of thiocarbonyl (C=S) groups is 1. The van der Waals surface area contributed by atoms with Crippen LogP contribution in [0, 0.1) is 0 Å². The zero-order valence-corrected chi connectivity index (χ0v) is 10.8. The summed E-state index contributed by atoms with van der Waals surface area (Å²) in [5.74, 6) is 0.650. The standard InChI is InChI=1S/C12H12N2OS2/c13-12(16)10-3-5-14-8-11(10)15-6-4-9-2-1-7-17-9/h1-3,5,7-8H,4,6H2,(H2,13,16). The number of hydrogen-bond acceptors (Lipinski definition) is 4. The predicted molar refractivity (Wildman–Crippen MR) is 73.6 cm³/mol. The summed E-state index contributed by atoms with van der Waals surface area (Å²) in [6.45, 7) is 0.599. The fourth-order valence-corrected chi connectivity index (χ4v) is 2.27. The van der Waals surface area contributed by atoms with E-state index in [0.717, 1.165) is 12.0 Å². The normalized spacial score (nSPS) is 10.1. The zero-order valence-electron chi connectivity index (χ0n) is 9.13. The van der Waals surface area contributed by atoms with Crippen LogP contribution in [0.1, 0.15) is 10.4 Å². The van der Waals surface area contributed by atoms with Gasteiger partial charge in [-0.25, -0.2) is 0 Å². The Labute approximate surface area is 109 Å². The van der Waals surface area contributed by atoms with Gasteiger partial charge in [-0.15, -0.1) is 11.3 Å². The van der Waals surface area contributed by atoms with E-state index in [1.54, 1.807) is 29.8 Å². The Balaban J connectivity index is 1.97. The van der Waals surface area contributed by atoms with E-state index in [4.69, 9.17) is 22.7 Å². The average Bonchev–Trinajstić information content (AvgIpc) is 2.82. The van der Waals surface area contributed by atoms with Gasteiger partial charge < -0.3 is 10.5 Å². The van der Waals surface area contributed by atoms with Gasteiger partial charge in [0.25, 0.3) is 0 Å². The molecule has 0 aliphatic heterocycles. The number of thiophene rings is 1. The van der Waals surface area contributed by atoms with Gasteiger partial charge in [0.15, 0.2) is 0 Å². The quantitative estimate of drug-likeness (QED) is 0.842. The lowest BCUT2D eigenvalue weighted by Crippen LogP contribution is -2.12. The molecule has 0 aromatic carbocycles. The Morgan fingerprint density at radius 1 is 1.47 bits per heavy atom. The van der Waals surface area contributed by atoms with E-state index in [9.17, 15) is 0 Å². The van der Waals surface area contributed by atoms with Gasteiger partial charge in [-0.3, -0.25) is 4.98 Å². The molecule has 0 aliphatic rings. The topological polar surface area (TPSA) is 48.1 Å². The Morgan fingerprint density at radius 2 is 2.35 bits per heavy atom. The summed E-state index contributed by atoms with van der Waals surface area (Å²) in [4.78, 5) is 5.63. The van der Waals surface area contributed by atoms with Gasteiger partial charge in [-0.2, -0.15) is 0 Å². The summed E-state index contributed by atoms with van der Waals surface area (Å²) in [7, 11) is 0. The summed E-state index contributed by atoms with van der Waals surface area (Å²) < 4.78 is 5.65. The van der Waals surface area contributed by atoms with Crippen molar-refractivity contribution in [3.63, 3.8) is 0 Å². The third-order valence-electron chi connectivity index (χ3n) is 2.24. The first-order valence-electron chi connectivity index (χ1n) is 5.16. The molecule has 17 heavy (non-hydrogen) atoms. The molecule has 2 aromatic heterocycles. The first-order valence-corrected chi connectivity index (χ1v) is 6.45. The van der Waals surface area contributed by atoms with Gasteiger partial charge in [0.05, 0.1) is 18.4 Å². The van der Waals surface area contributed by atoms with E-state index in [1.165, 1.54) is 4.88 Å². The van der Waals surface area contributed by atoms with Crippen LogP contribution in [0.15, 0.2) is 36.0 Å². The van der Waals surface area contributed by atoms with Crippen molar-refractivity contribution < 1.29 is 4.74 Å².